The first-order valence-corrected chi connectivity index (χ1v) is 7.59. The fraction of sp³-hybridized carbons (Fsp3) is 0.353. The van der Waals surface area contributed by atoms with Crippen LogP contribution in [0.2, 0.25) is 0 Å². The van der Waals surface area contributed by atoms with Gasteiger partial charge >= 0.3 is 0 Å². The lowest BCUT2D eigenvalue weighted by atomic mass is 10.00. The molecular weight excluding hydrogens is 280 g/mol. The van der Waals surface area contributed by atoms with Crippen LogP contribution in [0.15, 0.2) is 46.9 Å². The third kappa shape index (κ3) is 3.49. The molecule has 22 heavy (non-hydrogen) atoms. The standard InChI is InChI=1S/C17H20N2O3/c1-12-14(8-5-11-18-12)19-17(20)15-9-10-16(22-15)21-13-6-3-2-4-7-13/h2-4,6-7,9-10,12,14,18H,5,8,11H2,1H3,(H,19,20). The second-order valence-corrected chi connectivity index (χ2v) is 5.50. The zero-order valence-corrected chi connectivity index (χ0v) is 12.5. The van der Waals surface area contributed by atoms with Gasteiger partial charge in [-0.1, -0.05) is 18.2 Å². The average molecular weight is 300 g/mol. The van der Waals surface area contributed by atoms with Crippen LogP contribution in [-0.2, 0) is 0 Å². The molecule has 0 bridgehead atoms. The first kappa shape index (κ1) is 14.7. The van der Waals surface area contributed by atoms with Gasteiger partial charge in [-0.2, -0.15) is 0 Å². The number of para-hydroxylation sites is 1. The molecule has 2 atom stereocenters. The van der Waals surface area contributed by atoms with E-state index in [4.69, 9.17) is 9.15 Å². The monoisotopic (exact) mass is 300 g/mol. The van der Waals surface area contributed by atoms with Crippen molar-refractivity contribution in [1.82, 2.24) is 10.6 Å². The first-order chi connectivity index (χ1) is 10.7. The van der Waals surface area contributed by atoms with Gasteiger partial charge in [0.25, 0.3) is 11.9 Å². The molecule has 0 aliphatic carbocycles. The number of carbonyl (C=O) groups is 1. The summed E-state index contributed by atoms with van der Waals surface area (Å²) in [4.78, 5) is 12.2. The van der Waals surface area contributed by atoms with E-state index in [1.54, 1.807) is 12.1 Å². The number of furan rings is 1. The van der Waals surface area contributed by atoms with Gasteiger partial charge in [-0.25, -0.2) is 0 Å². The van der Waals surface area contributed by atoms with Crippen molar-refractivity contribution in [3.63, 3.8) is 0 Å². The minimum atomic E-state index is -0.205. The molecule has 1 saturated heterocycles. The highest BCUT2D eigenvalue weighted by Crippen LogP contribution is 2.23. The largest absolute Gasteiger partial charge is 0.426 e. The molecule has 2 aromatic rings. The molecule has 0 radical (unpaired) electrons. The fourth-order valence-electron chi connectivity index (χ4n) is 2.58. The first-order valence-electron chi connectivity index (χ1n) is 7.59. The van der Waals surface area contributed by atoms with E-state index in [-0.39, 0.29) is 23.8 Å². The molecule has 1 aromatic carbocycles. The lowest BCUT2D eigenvalue weighted by Crippen LogP contribution is -2.51. The van der Waals surface area contributed by atoms with Crippen molar-refractivity contribution in [2.75, 3.05) is 6.54 Å². The minimum absolute atomic E-state index is 0.129. The molecule has 0 saturated carbocycles. The zero-order valence-electron chi connectivity index (χ0n) is 12.5. The van der Waals surface area contributed by atoms with Gasteiger partial charge in [0, 0.05) is 18.2 Å². The number of ether oxygens (including phenoxy) is 1. The normalized spacial score (nSPS) is 21.3. The highest BCUT2D eigenvalue weighted by Gasteiger charge is 2.24. The van der Waals surface area contributed by atoms with Crippen LogP contribution in [0.3, 0.4) is 0 Å². The molecule has 2 N–H and O–H groups in total. The van der Waals surface area contributed by atoms with Crippen LogP contribution in [-0.4, -0.2) is 24.5 Å². The third-order valence-electron chi connectivity index (χ3n) is 3.85. The number of hydrogen-bond acceptors (Lipinski definition) is 4. The van der Waals surface area contributed by atoms with Crippen molar-refractivity contribution < 1.29 is 13.9 Å². The number of rotatable bonds is 4. The lowest BCUT2D eigenvalue weighted by molar-refractivity contribution is 0.0886. The van der Waals surface area contributed by atoms with Gasteiger partial charge in [0.15, 0.2) is 5.76 Å². The molecule has 1 aliphatic heterocycles. The molecule has 1 aliphatic rings. The Morgan fingerprint density at radius 2 is 2.09 bits per heavy atom. The molecule has 2 heterocycles. The summed E-state index contributed by atoms with van der Waals surface area (Å²) in [6.45, 7) is 3.08. The van der Waals surface area contributed by atoms with Gasteiger partial charge < -0.3 is 19.8 Å². The number of nitrogens with one attached hydrogen (secondary N) is 2. The van der Waals surface area contributed by atoms with E-state index in [1.807, 2.05) is 30.3 Å². The number of piperidine rings is 1. The van der Waals surface area contributed by atoms with E-state index in [1.165, 1.54) is 0 Å². The SMILES string of the molecule is CC1NCCCC1NC(=O)c1ccc(Oc2ccccc2)o1. The third-order valence-corrected chi connectivity index (χ3v) is 3.85. The molecule has 1 fully saturated rings. The quantitative estimate of drug-likeness (QED) is 0.911. The van der Waals surface area contributed by atoms with Crippen LogP contribution in [0.5, 0.6) is 11.7 Å². The second-order valence-electron chi connectivity index (χ2n) is 5.50. The summed E-state index contributed by atoms with van der Waals surface area (Å²) in [5, 5.41) is 6.37. The van der Waals surface area contributed by atoms with E-state index in [0.717, 1.165) is 19.4 Å². The van der Waals surface area contributed by atoms with Gasteiger partial charge in [0.1, 0.15) is 5.75 Å². The molecule has 116 valence electrons. The molecule has 0 spiro atoms. The maximum Gasteiger partial charge on any atom is 0.290 e. The minimum Gasteiger partial charge on any atom is -0.426 e. The molecular formula is C17H20N2O3. The maximum absolute atomic E-state index is 12.2. The van der Waals surface area contributed by atoms with Gasteiger partial charge in [-0.05, 0) is 44.5 Å². The summed E-state index contributed by atoms with van der Waals surface area (Å²) in [7, 11) is 0. The van der Waals surface area contributed by atoms with Gasteiger partial charge in [0.05, 0.1) is 0 Å². The van der Waals surface area contributed by atoms with Crippen LogP contribution < -0.4 is 15.4 Å². The predicted molar refractivity (Wildman–Crippen MR) is 83.2 cm³/mol. The Labute approximate surface area is 129 Å². The zero-order chi connectivity index (χ0) is 15.4. The summed E-state index contributed by atoms with van der Waals surface area (Å²) in [5.74, 6) is 1.05. The van der Waals surface area contributed by atoms with Crippen LogP contribution in [0.25, 0.3) is 0 Å². The number of benzene rings is 1. The van der Waals surface area contributed by atoms with Crippen molar-refractivity contribution >= 4 is 5.91 Å². The van der Waals surface area contributed by atoms with Crippen LogP contribution >= 0.6 is 0 Å². The maximum atomic E-state index is 12.2. The van der Waals surface area contributed by atoms with E-state index < -0.39 is 0 Å². The Hall–Kier alpha value is -2.27. The molecule has 5 heteroatoms. The van der Waals surface area contributed by atoms with E-state index in [0.29, 0.717) is 11.7 Å². The molecule has 5 nitrogen and oxygen atoms in total. The van der Waals surface area contributed by atoms with E-state index in [2.05, 4.69) is 17.6 Å². The topological polar surface area (TPSA) is 63.5 Å². The Morgan fingerprint density at radius 3 is 2.86 bits per heavy atom. The van der Waals surface area contributed by atoms with Crippen molar-refractivity contribution in [2.45, 2.75) is 31.8 Å². The van der Waals surface area contributed by atoms with E-state index >= 15 is 0 Å². The Balaban J connectivity index is 1.61. The van der Waals surface area contributed by atoms with Crippen molar-refractivity contribution in [3.8, 4) is 11.7 Å². The molecule has 2 unspecified atom stereocenters. The van der Waals surface area contributed by atoms with Crippen LogP contribution in [0, 0.1) is 0 Å². The van der Waals surface area contributed by atoms with E-state index in [9.17, 15) is 4.79 Å². The summed E-state index contributed by atoms with van der Waals surface area (Å²) < 4.78 is 11.0. The van der Waals surface area contributed by atoms with Gasteiger partial charge in [0.2, 0.25) is 0 Å². The molecule has 3 rings (SSSR count). The Bertz CT molecular complexity index is 624. The Morgan fingerprint density at radius 1 is 1.27 bits per heavy atom. The second kappa shape index (κ2) is 6.66. The molecule has 1 amide bonds. The summed E-state index contributed by atoms with van der Waals surface area (Å²) in [6.07, 6.45) is 2.05. The summed E-state index contributed by atoms with van der Waals surface area (Å²) in [5.41, 5.74) is 0. The smallest absolute Gasteiger partial charge is 0.290 e. The van der Waals surface area contributed by atoms with Gasteiger partial charge in [-0.15, -0.1) is 0 Å². The highest BCUT2D eigenvalue weighted by atomic mass is 16.6. The fourth-order valence-corrected chi connectivity index (χ4v) is 2.58. The number of amides is 1. The number of hydrogen-bond donors (Lipinski definition) is 2. The van der Waals surface area contributed by atoms with Crippen molar-refractivity contribution in [1.29, 1.82) is 0 Å². The van der Waals surface area contributed by atoms with Gasteiger partial charge in [-0.3, -0.25) is 4.79 Å². The van der Waals surface area contributed by atoms with Crippen LogP contribution in [0.4, 0.5) is 0 Å². The molecule has 1 aromatic heterocycles. The van der Waals surface area contributed by atoms with Crippen LogP contribution in [0.1, 0.15) is 30.3 Å². The predicted octanol–water partition coefficient (Wildman–Crippen LogP) is 2.94. The number of carbonyl (C=O) groups excluding carboxylic acids is 1. The Kier molecular flexibility index (Phi) is 4.44. The average Bonchev–Trinajstić information content (AvgIpc) is 2.99. The summed E-state index contributed by atoms with van der Waals surface area (Å²) in [6, 6.07) is 13.0. The van der Waals surface area contributed by atoms with Crippen molar-refractivity contribution in [3.05, 3.63) is 48.2 Å². The highest BCUT2D eigenvalue weighted by molar-refractivity contribution is 5.91. The van der Waals surface area contributed by atoms with Crippen molar-refractivity contribution in [2.24, 2.45) is 0 Å². The summed E-state index contributed by atoms with van der Waals surface area (Å²) >= 11 is 0. The lowest BCUT2D eigenvalue weighted by Gasteiger charge is -2.30.